The lowest BCUT2D eigenvalue weighted by Gasteiger charge is -2.32. The van der Waals surface area contributed by atoms with Crippen molar-refractivity contribution in [3.05, 3.63) is 131 Å². The molecule has 4 heterocycles. The number of rotatable bonds is 17. The fourth-order valence-electron chi connectivity index (χ4n) is 7.50. The van der Waals surface area contributed by atoms with Crippen LogP contribution in [0.1, 0.15) is 23.7 Å². The van der Waals surface area contributed by atoms with Crippen LogP contribution < -0.4 is 18.9 Å². The van der Waals surface area contributed by atoms with Gasteiger partial charge in [-0.2, -0.15) is 9.97 Å². The summed E-state index contributed by atoms with van der Waals surface area (Å²) in [4.78, 5) is 36.3. The zero-order valence-corrected chi connectivity index (χ0v) is 35.8. The van der Waals surface area contributed by atoms with Crippen molar-refractivity contribution in [2.75, 3.05) is 53.5 Å². The molecule has 8 rings (SSSR count). The van der Waals surface area contributed by atoms with Crippen molar-refractivity contribution in [3.63, 3.8) is 0 Å². The van der Waals surface area contributed by atoms with Crippen LogP contribution in [0, 0.1) is 5.82 Å². The second-order valence-corrected chi connectivity index (χ2v) is 15.4. The predicted molar refractivity (Wildman–Crippen MR) is 237 cm³/mol. The average Bonchev–Trinajstić information content (AvgIpc) is 3.74. The van der Waals surface area contributed by atoms with Crippen molar-refractivity contribution < 1.29 is 37.7 Å². The second-order valence-electron chi connectivity index (χ2n) is 15.1. The Morgan fingerprint density at radius 3 is 2.38 bits per heavy atom. The Balaban J connectivity index is 1.09. The number of piperazine rings is 1. The maximum atomic E-state index is 14.0. The van der Waals surface area contributed by atoms with Crippen LogP contribution in [0.15, 0.2) is 108 Å². The van der Waals surface area contributed by atoms with Crippen LogP contribution >= 0.6 is 11.6 Å². The highest BCUT2D eigenvalue weighted by molar-refractivity contribution is 6.33. The molecule has 4 aromatic carbocycles. The number of likely N-dealkylation sites (N-methyl/N-ethyl adjacent to an activating group) is 1. The standard InChI is InChI=1S/C48H46ClFN6O7/c1-4-34-35(17-18-40(43(34)49)60-26-25-56-23-21-55(2)22-24-56)37-29-62-46-42(37)47(54-44(53-46)30-13-15-32(50)16-14-30)63-41(48(57)58)27-31-9-5-7-11-38(31)61-28-33-19-20-51-45(52-33)36-10-6-8-12-39(36)59-3/h5-20,29,41H,4,21-28H2,1-3H3,(H,57,58)/t41-/m1/s1. The Hall–Kier alpha value is -6.61. The molecule has 15 heteroatoms. The number of fused-ring (bicyclic) bond motifs is 1. The van der Waals surface area contributed by atoms with Crippen molar-refractivity contribution >= 4 is 28.7 Å². The molecule has 1 saturated heterocycles. The van der Waals surface area contributed by atoms with Crippen molar-refractivity contribution in [2.45, 2.75) is 32.5 Å². The maximum Gasteiger partial charge on any atom is 0.345 e. The van der Waals surface area contributed by atoms with Crippen LogP contribution in [0.4, 0.5) is 4.39 Å². The van der Waals surface area contributed by atoms with E-state index in [-0.39, 0.29) is 30.4 Å². The summed E-state index contributed by atoms with van der Waals surface area (Å²) in [6, 6.07) is 25.7. The molecule has 1 aliphatic rings. The van der Waals surface area contributed by atoms with Gasteiger partial charge in [0.25, 0.3) is 0 Å². The Bertz CT molecular complexity index is 2710. The summed E-state index contributed by atoms with van der Waals surface area (Å²) >= 11 is 7.05. The van der Waals surface area contributed by atoms with E-state index in [0.29, 0.717) is 68.9 Å². The first-order valence-electron chi connectivity index (χ1n) is 20.6. The van der Waals surface area contributed by atoms with Crippen LogP contribution in [0.25, 0.3) is 45.0 Å². The number of aliphatic carboxylic acids is 1. The van der Waals surface area contributed by atoms with E-state index in [4.69, 9.17) is 44.9 Å². The lowest BCUT2D eigenvalue weighted by Crippen LogP contribution is -2.45. The molecule has 1 N–H and O–H groups in total. The van der Waals surface area contributed by atoms with Gasteiger partial charge in [0.2, 0.25) is 17.7 Å². The Morgan fingerprint density at radius 2 is 1.62 bits per heavy atom. The van der Waals surface area contributed by atoms with Gasteiger partial charge in [0.1, 0.15) is 47.9 Å². The maximum absolute atomic E-state index is 14.0. The minimum atomic E-state index is -1.45. The van der Waals surface area contributed by atoms with E-state index in [1.54, 1.807) is 43.6 Å². The van der Waals surface area contributed by atoms with Gasteiger partial charge in [-0.25, -0.2) is 19.2 Å². The number of hydrogen-bond acceptors (Lipinski definition) is 12. The molecular formula is C48H46ClFN6O7. The molecule has 0 radical (unpaired) electrons. The van der Waals surface area contributed by atoms with Crippen molar-refractivity contribution in [1.29, 1.82) is 0 Å². The Kier molecular flexibility index (Phi) is 13.4. The monoisotopic (exact) mass is 872 g/mol. The topological polar surface area (TPSA) is 145 Å². The molecule has 13 nitrogen and oxygen atoms in total. The number of halogens is 2. The smallest absolute Gasteiger partial charge is 0.345 e. The number of carboxylic acids is 1. The Morgan fingerprint density at radius 1 is 0.857 bits per heavy atom. The minimum absolute atomic E-state index is 0.0376. The number of aromatic nitrogens is 4. The molecule has 3 aromatic heterocycles. The molecule has 0 amide bonds. The molecule has 324 valence electrons. The van der Waals surface area contributed by atoms with Crippen molar-refractivity contribution in [1.82, 2.24) is 29.7 Å². The van der Waals surface area contributed by atoms with Crippen LogP contribution in [-0.4, -0.2) is 100 Å². The number of carboxylic acid groups (broad SMARTS) is 1. The quantitative estimate of drug-likeness (QED) is 0.0933. The van der Waals surface area contributed by atoms with E-state index in [9.17, 15) is 14.3 Å². The molecule has 0 aliphatic carbocycles. The van der Waals surface area contributed by atoms with Gasteiger partial charge in [-0.1, -0.05) is 54.9 Å². The zero-order chi connectivity index (χ0) is 43.9. The number of carbonyl (C=O) groups is 1. The number of benzene rings is 4. The van der Waals surface area contributed by atoms with Gasteiger partial charge in [-0.15, -0.1) is 0 Å². The molecule has 0 unspecified atom stereocenters. The summed E-state index contributed by atoms with van der Waals surface area (Å²) < 4.78 is 44.5. The number of furan rings is 1. The van der Waals surface area contributed by atoms with Crippen LogP contribution in [0.3, 0.4) is 0 Å². The highest BCUT2D eigenvalue weighted by Gasteiger charge is 2.28. The fraction of sp³-hybridized carbons (Fsp3) is 0.271. The first-order valence-corrected chi connectivity index (χ1v) is 21.0. The third-order valence-corrected chi connectivity index (χ3v) is 11.4. The number of ether oxygens (including phenoxy) is 4. The molecule has 7 aromatic rings. The minimum Gasteiger partial charge on any atom is -0.496 e. The van der Waals surface area contributed by atoms with E-state index in [1.165, 1.54) is 30.5 Å². The SMILES string of the molecule is CCc1c(-c2coc3nc(-c4ccc(F)cc4)nc(O[C@H](Cc4ccccc4OCc4ccnc(-c5ccccc5OC)n4)C(=O)O)c23)ccc(OCCN2CCN(C)CC2)c1Cl. The van der Waals surface area contributed by atoms with E-state index < -0.39 is 17.9 Å². The second kappa shape index (κ2) is 19.6. The van der Waals surface area contributed by atoms with Gasteiger partial charge < -0.3 is 33.4 Å². The van der Waals surface area contributed by atoms with Gasteiger partial charge >= 0.3 is 5.97 Å². The van der Waals surface area contributed by atoms with Crippen molar-refractivity contribution in [3.8, 4) is 57.0 Å². The van der Waals surface area contributed by atoms with Crippen LogP contribution in [-0.2, 0) is 24.2 Å². The van der Waals surface area contributed by atoms with E-state index in [0.717, 1.165) is 49.4 Å². The fourth-order valence-corrected chi connectivity index (χ4v) is 7.85. The summed E-state index contributed by atoms with van der Waals surface area (Å²) in [5.41, 5.74) is 4.60. The normalized spacial score (nSPS) is 13.8. The zero-order valence-electron chi connectivity index (χ0n) is 35.1. The third kappa shape index (κ3) is 9.88. The molecule has 1 fully saturated rings. The Labute approximate surface area is 369 Å². The van der Waals surface area contributed by atoms with Gasteiger partial charge in [-0.05, 0) is 84.8 Å². The summed E-state index contributed by atoms with van der Waals surface area (Å²) in [5.74, 6) is 0.568. The molecule has 63 heavy (non-hydrogen) atoms. The van der Waals surface area contributed by atoms with Gasteiger partial charge in [0, 0.05) is 56.5 Å². The summed E-state index contributed by atoms with van der Waals surface area (Å²) in [6.07, 6.45) is 2.19. The van der Waals surface area contributed by atoms with Crippen LogP contribution in [0.2, 0.25) is 5.02 Å². The van der Waals surface area contributed by atoms with Gasteiger partial charge in [0.15, 0.2) is 11.6 Å². The largest absolute Gasteiger partial charge is 0.496 e. The first kappa shape index (κ1) is 43.1. The predicted octanol–water partition coefficient (Wildman–Crippen LogP) is 8.66. The molecule has 0 saturated carbocycles. The molecule has 0 bridgehead atoms. The summed E-state index contributed by atoms with van der Waals surface area (Å²) in [5, 5.41) is 11.5. The number of nitrogens with zero attached hydrogens (tertiary/aromatic N) is 6. The number of hydrogen-bond donors (Lipinski definition) is 1. The van der Waals surface area contributed by atoms with E-state index in [2.05, 4.69) is 26.8 Å². The lowest BCUT2D eigenvalue weighted by molar-refractivity contribution is -0.145. The lowest BCUT2D eigenvalue weighted by atomic mass is 9.97. The number of methoxy groups -OCH3 is 1. The molecule has 1 aliphatic heterocycles. The third-order valence-electron chi connectivity index (χ3n) is 11.0. The van der Waals surface area contributed by atoms with E-state index >= 15 is 0 Å². The van der Waals surface area contributed by atoms with E-state index in [1.807, 2.05) is 43.3 Å². The van der Waals surface area contributed by atoms with Gasteiger partial charge in [0.05, 0.1) is 23.4 Å². The van der Waals surface area contributed by atoms with Gasteiger partial charge in [-0.3, -0.25) is 4.90 Å². The molecular weight excluding hydrogens is 827 g/mol. The number of para-hydroxylation sites is 2. The summed E-state index contributed by atoms with van der Waals surface area (Å²) in [6.45, 7) is 7.33. The first-order chi connectivity index (χ1) is 30.7. The van der Waals surface area contributed by atoms with Crippen molar-refractivity contribution in [2.24, 2.45) is 0 Å². The molecule has 1 atom stereocenters. The molecule has 0 spiro atoms. The highest BCUT2D eigenvalue weighted by atomic mass is 35.5. The highest BCUT2D eigenvalue weighted by Crippen LogP contribution is 2.43. The van der Waals surface area contributed by atoms with Crippen LogP contribution in [0.5, 0.6) is 23.1 Å². The average molecular weight is 873 g/mol. The summed E-state index contributed by atoms with van der Waals surface area (Å²) in [7, 11) is 3.72.